The van der Waals surface area contributed by atoms with E-state index in [4.69, 9.17) is 0 Å². The van der Waals surface area contributed by atoms with Gasteiger partial charge in [0.15, 0.2) is 0 Å². The van der Waals surface area contributed by atoms with Gasteiger partial charge in [0.25, 0.3) is 0 Å². The van der Waals surface area contributed by atoms with Crippen LogP contribution < -0.4 is 5.32 Å². The molecule has 5 nitrogen and oxygen atoms in total. The molecule has 21 heavy (non-hydrogen) atoms. The topological polar surface area (TPSA) is 62.3 Å². The van der Waals surface area contributed by atoms with Crippen LogP contribution in [0.3, 0.4) is 0 Å². The van der Waals surface area contributed by atoms with Crippen LogP contribution >= 0.6 is 11.3 Å². The summed E-state index contributed by atoms with van der Waals surface area (Å²) in [6, 6.07) is 0. The maximum atomic E-state index is 13.1. The minimum atomic E-state index is -0.828. The molecule has 1 saturated carbocycles. The number of nitrogens with one attached hydrogen (secondary N) is 1. The Labute approximate surface area is 128 Å². The van der Waals surface area contributed by atoms with Gasteiger partial charge in [-0.1, -0.05) is 19.3 Å². The van der Waals surface area contributed by atoms with Gasteiger partial charge in [-0.15, -0.1) is 11.3 Å². The van der Waals surface area contributed by atoms with E-state index in [0.717, 1.165) is 37.1 Å². The first kappa shape index (κ1) is 14.5. The van der Waals surface area contributed by atoms with E-state index in [2.05, 4.69) is 10.3 Å². The third-order valence-electron chi connectivity index (χ3n) is 4.72. The Morgan fingerprint density at radius 1 is 1.29 bits per heavy atom. The second-order valence-corrected chi connectivity index (χ2v) is 7.45. The first-order valence-corrected chi connectivity index (χ1v) is 8.37. The number of aromatic nitrogens is 1. The zero-order chi connectivity index (χ0) is 15.1. The molecule has 1 spiro atoms. The van der Waals surface area contributed by atoms with Crippen molar-refractivity contribution < 1.29 is 9.59 Å². The molecule has 0 unspecified atom stereocenters. The number of carbonyl (C=O) groups is 2. The van der Waals surface area contributed by atoms with E-state index in [-0.39, 0.29) is 11.8 Å². The fourth-order valence-corrected chi connectivity index (χ4v) is 3.89. The summed E-state index contributed by atoms with van der Waals surface area (Å²) in [5.41, 5.74) is -1.51. The van der Waals surface area contributed by atoms with Crippen molar-refractivity contribution in [1.29, 1.82) is 0 Å². The molecule has 1 aromatic heterocycles. The molecule has 3 rings (SSSR count). The predicted molar refractivity (Wildman–Crippen MR) is 80.7 cm³/mol. The Morgan fingerprint density at radius 3 is 2.62 bits per heavy atom. The molecule has 0 atom stereocenters. The van der Waals surface area contributed by atoms with Crippen molar-refractivity contribution in [2.75, 3.05) is 0 Å². The minimum absolute atomic E-state index is 0.0550. The van der Waals surface area contributed by atoms with Crippen LogP contribution in [0.15, 0.2) is 11.6 Å². The van der Waals surface area contributed by atoms with Crippen LogP contribution in [0, 0.1) is 0 Å². The number of piperazine rings is 1. The van der Waals surface area contributed by atoms with Crippen LogP contribution in [0.5, 0.6) is 0 Å². The fraction of sp³-hybridized carbons (Fsp3) is 0.667. The van der Waals surface area contributed by atoms with E-state index in [9.17, 15) is 9.59 Å². The average Bonchev–Trinajstić information content (AvgIpc) is 2.96. The number of hydrogen-bond acceptors (Lipinski definition) is 4. The van der Waals surface area contributed by atoms with Gasteiger partial charge in [-0.05, 0) is 26.7 Å². The fourth-order valence-electron chi connectivity index (χ4n) is 3.29. The van der Waals surface area contributed by atoms with Gasteiger partial charge in [-0.3, -0.25) is 9.59 Å². The van der Waals surface area contributed by atoms with Crippen LogP contribution in [0.25, 0.3) is 0 Å². The van der Waals surface area contributed by atoms with Crippen LogP contribution in [0.4, 0.5) is 0 Å². The summed E-state index contributed by atoms with van der Waals surface area (Å²) in [6.07, 6.45) is 6.37. The quantitative estimate of drug-likeness (QED) is 0.910. The third kappa shape index (κ3) is 2.35. The lowest BCUT2D eigenvalue weighted by Gasteiger charge is -2.51. The van der Waals surface area contributed by atoms with Crippen LogP contribution in [-0.4, -0.2) is 32.8 Å². The van der Waals surface area contributed by atoms with Gasteiger partial charge in [0, 0.05) is 11.6 Å². The highest BCUT2D eigenvalue weighted by atomic mass is 32.1. The third-order valence-corrected chi connectivity index (χ3v) is 5.49. The molecule has 0 radical (unpaired) electrons. The first-order valence-electron chi connectivity index (χ1n) is 7.49. The number of rotatable bonds is 2. The summed E-state index contributed by atoms with van der Waals surface area (Å²) in [4.78, 5) is 31.6. The molecular formula is C15H21N3O2S. The molecular weight excluding hydrogens is 286 g/mol. The van der Waals surface area contributed by atoms with Gasteiger partial charge in [0.05, 0.1) is 6.54 Å². The van der Waals surface area contributed by atoms with E-state index < -0.39 is 11.1 Å². The standard InChI is InChI=1S/C15H21N3O2S/c1-14(2)12(19)17-15(6-4-3-5-7-15)13(20)18(14)10-11-16-8-9-21-11/h8-9H,3-7,10H2,1-2H3,(H,17,19). The van der Waals surface area contributed by atoms with Crippen molar-refractivity contribution in [2.24, 2.45) is 0 Å². The maximum Gasteiger partial charge on any atom is 0.249 e. The zero-order valence-corrected chi connectivity index (χ0v) is 13.3. The summed E-state index contributed by atoms with van der Waals surface area (Å²) in [7, 11) is 0. The Morgan fingerprint density at radius 2 is 2.00 bits per heavy atom. The number of thiazole rings is 1. The predicted octanol–water partition coefficient (Wildman–Crippen LogP) is 2.08. The highest BCUT2D eigenvalue weighted by Crippen LogP contribution is 2.37. The number of carbonyl (C=O) groups excluding carboxylic acids is 2. The van der Waals surface area contributed by atoms with E-state index in [0.29, 0.717) is 6.54 Å². The van der Waals surface area contributed by atoms with Gasteiger partial charge in [0.2, 0.25) is 11.8 Å². The smallest absolute Gasteiger partial charge is 0.249 e. The summed E-state index contributed by atoms with van der Waals surface area (Å²) >= 11 is 1.52. The highest BCUT2D eigenvalue weighted by molar-refractivity contribution is 7.09. The Hall–Kier alpha value is -1.43. The van der Waals surface area contributed by atoms with Gasteiger partial charge < -0.3 is 10.2 Å². The van der Waals surface area contributed by atoms with Gasteiger partial charge in [-0.25, -0.2) is 4.98 Å². The SMILES string of the molecule is CC1(C)C(=O)NC2(CCCCC2)C(=O)N1Cc1nccs1. The van der Waals surface area contributed by atoms with Crippen molar-refractivity contribution in [2.45, 2.75) is 63.6 Å². The molecule has 2 amide bonds. The van der Waals surface area contributed by atoms with Gasteiger partial charge in [0.1, 0.15) is 16.1 Å². The van der Waals surface area contributed by atoms with E-state index in [1.807, 2.05) is 19.2 Å². The van der Waals surface area contributed by atoms with Crippen molar-refractivity contribution in [3.05, 3.63) is 16.6 Å². The first-order chi connectivity index (χ1) is 9.96. The van der Waals surface area contributed by atoms with Gasteiger partial charge >= 0.3 is 0 Å². The summed E-state index contributed by atoms with van der Waals surface area (Å²) in [5.74, 6) is 0.00237. The van der Waals surface area contributed by atoms with Crippen LogP contribution in [-0.2, 0) is 16.1 Å². The van der Waals surface area contributed by atoms with E-state index in [1.54, 1.807) is 11.1 Å². The highest BCUT2D eigenvalue weighted by Gasteiger charge is 2.54. The molecule has 1 aliphatic heterocycles. The van der Waals surface area contributed by atoms with Crippen molar-refractivity contribution in [3.63, 3.8) is 0 Å². The molecule has 2 fully saturated rings. The lowest BCUT2D eigenvalue weighted by Crippen LogP contribution is -2.74. The van der Waals surface area contributed by atoms with E-state index in [1.165, 1.54) is 11.3 Å². The minimum Gasteiger partial charge on any atom is -0.340 e. The maximum absolute atomic E-state index is 13.1. The molecule has 1 aromatic rings. The molecule has 6 heteroatoms. The Kier molecular flexibility index (Phi) is 3.51. The lowest BCUT2D eigenvalue weighted by molar-refractivity contribution is -0.163. The number of amides is 2. The zero-order valence-electron chi connectivity index (χ0n) is 12.5. The molecule has 1 aliphatic carbocycles. The summed E-state index contributed by atoms with van der Waals surface area (Å²) in [5, 5.41) is 5.80. The summed E-state index contributed by atoms with van der Waals surface area (Å²) < 4.78 is 0. The molecule has 0 aromatic carbocycles. The van der Waals surface area contributed by atoms with E-state index >= 15 is 0 Å². The Balaban J connectivity index is 1.93. The summed E-state index contributed by atoms with van der Waals surface area (Å²) in [6.45, 7) is 4.03. The van der Waals surface area contributed by atoms with Crippen LogP contribution in [0.1, 0.15) is 51.0 Å². The van der Waals surface area contributed by atoms with Crippen molar-refractivity contribution in [1.82, 2.24) is 15.2 Å². The molecule has 2 aliphatic rings. The van der Waals surface area contributed by atoms with Crippen LogP contribution in [0.2, 0.25) is 0 Å². The second kappa shape index (κ2) is 5.09. The molecule has 1 N–H and O–H groups in total. The molecule has 114 valence electrons. The monoisotopic (exact) mass is 307 g/mol. The molecule has 2 heterocycles. The normalized spacial score (nSPS) is 24.2. The largest absolute Gasteiger partial charge is 0.340 e. The van der Waals surface area contributed by atoms with Crippen molar-refractivity contribution >= 4 is 23.2 Å². The molecule has 1 saturated heterocycles. The average molecular weight is 307 g/mol. The lowest BCUT2D eigenvalue weighted by atomic mass is 9.76. The molecule has 0 bridgehead atoms. The number of hydrogen-bond donors (Lipinski definition) is 1. The van der Waals surface area contributed by atoms with Gasteiger partial charge in [-0.2, -0.15) is 0 Å². The second-order valence-electron chi connectivity index (χ2n) is 6.47. The van der Waals surface area contributed by atoms with Crippen molar-refractivity contribution in [3.8, 4) is 0 Å². The number of nitrogens with zero attached hydrogens (tertiary/aromatic N) is 2. The Bertz CT molecular complexity index is 547.